The van der Waals surface area contributed by atoms with E-state index in [9.17, 15) is 18.4 Å². The van der Waals surface area contributed by atoms with E-state index in [1.54, 1.807) is 6.07 Å². The fourth-order valence-corrected chi connectivity index (χ4v) is 4.13. The monoisotopic (exact) mass is 608 g/mol. The number of fused-ring (bicyclic) bond motifs is 1. The first-order chi connectivity index (χ1) is 21.2. The summed E-state index contributed by atoms with van der Waals surface area (Å²) in [5.74, 6) is -1.21. The number of benzene rings is 1. The quantitative estimate of drug-likeness (QED) is 0.167. The van der Waals surface area contributed by atoms with Gasteiger partial charge in [0.25, 0.3) is 11.8 Å². The number of nitrogens with one attached hydrogen (secondary N) is 2. The lowest BCUT2D eigenvalue weighted by molar-refractivity contribution is -0.118. The van der Waals surface area contributed by atoms with E-state index in [1.165, 1.54) is 49.8 Å². The fraction of sp³-hybridized carbons (Fsp3) is 0.323. The number of halogens is 2. The Balaban J connectivity index is 1.30. The Morgan fingerprint density at radius 3 is 2.23 bits per heavy atom. The number of nitrogens with zero attached hydrogens (tertiary/aromatic N) is 4. The second-order valence-electron chi connectivity index (χ2n) is 10.1. The number of amides is 2. The third-order valence-corrected chi connectivity index (χ3v) is 6.29. The molecule has 0 spiro atoms. The van der Waals surface area contributed by atoms with Crippen LogP contribution >= 0.6 is 0 Å². The summed E-state index contributed by atoms with van der Waals surface area (Å²) in [7, 11) is 5.44. The van der Waals surface area contributed by atoms with Crippen molar-refractivity contribution in [1.29, 1.82) is 0 Å². The van der Waals surface area contributed by atoms with Gasteiger partial charge in [-0.15, -0.1) is 0 Å². The molecule has 0 aliphatic carbocycles. The Labute approximate surface area is 253 Å². The van der Waals surface area contributed by atoms with Crippen molar-refractivity contribution in [2.45, 2.75) is 32.1 Å². The molecule has 3 aromatic heterocycles. The Hall–Kier alpha value is -4.91. The summed E-state index contributed by atoms with van der Waals surface area (Å²) in [4.78, 5) is 39.3. The van der Waals surface area contributed by atoms with Crippen LogP contribution in [0.1, 0.15) is 32.1 Å². The first-order valence-electron chi connectivity index (χ1n) is 14.0. The van der Waals surface area contributed by atoms with E-state index in [4.69, 9.17) is 14.2 Å². The maximum Gasteiger partial charge on any atom is 0.257 e. The van der Waals surface area contributed by atoms with Crippen molar-refractivity contribution in [3.05, 3.63) is 66.5 Å². The van der Waals surface area contributed by atoms with Crippen molar-refractivity contribution in [3.8, 4) is 23.3 Å². The van der Waals surface area contributed by atoms with Crippen LogP contribution in [0.15, 0.2) is 54.9 Å². The van der Waals surface area contributed by atoms with E-state index in [0.717, 1.165) is 19.0 Å². The zero-order valence-corrected chi connectivity index (χ0v) is 24.7. The first kappa shape index (κ1) is 32.0. The van der Waals surface area contributed by atoms with Crippen molar-refractivity contribution in [3.63, 3.8) is 0 Å². The molecule has 232 valence electrons. The van der Waals surface area contributed by atoms with Gasteiger partial charge < -0.3 is 29.7 Å². The molecule has 3 heterocycles. The van der Waals surface area contributed by atoms with Gasteiger partial charge in [0.05, 0.1) is 31.1 Å². The van der Waals surface area contributed by atoms with Crippen LogP contribution in [0, 0.1) is 11.6 Å². The maximum absolute atomic E-state index is 14.9. The molecular weight excluding hydrogens is 574 g/mol. The van der Waals surface area contributed by atoms with Gasteiger partial charge in [-0.2, -0.15) is 0 Å². The molecule has 0 atom stereocenters. The van der Waals surface area contributed by atoms with Gasteiger partial charge in [0, 0.05) is 49.5 Å². The molecule has 44 heavy (non-hydrogen) atoms. The minimum atomic E-state index is -0.793. The molecule has 0 unspecified atom stereocenters. The Morgan fingerprint density at radius 2 is 1.57 bits per heavy atom. The lowest BCUT2D eigenvalue weighted by atomic mass is 10.1. The molecular formula is C31H34F2N6O5. The first-order valence-corrected chi connectivity index (χ1v) is 14.0. The normalized spacial score (nSPS) is 11.0. The van der Waals surface area contributed by atoms with Crippen LogP contribution in [0.2, 0.25) is 0 Å². The van der Waals surface area contributed by atoms with Crippen molar-refractivity contribution in [1.82, 2.24) is 19.9 Å². The molecule has 0 saturated heterocycles. The summed E-state index contributed by atoms with van der Waals surface area (Å²) in [6, 6.07) is 9.77. The largest absolute Gasteiger partial charge is 0.488 e. The Bertz CT molecular complexity index is 1590. The van der Waals surface area contributed by atoms with E-state index < -0.39 is 11.6 Å². The van der Waals surface area contributed by atoms with Gasteiger partial charge in [0.2, 0.25) is 11.8 Å². The minimum absolute atomic E-state index is 0.127. The molecule has 2 amide bonds. The van der Waals surface area contributed by atoms with Crippen LogP contribution in [0.5, 0.6) is 23.3 Å². The van der Waals surface area contributed by atoms with Crippen LogP contribution in [0.3, 0.4) is 0 Å². The number of aromatic nitrogens is 3. The van der Waals surface area contributed by atoms with Gasteiger partial charge in [0.15, 0.2) is 17.3 Å². The van der Waals surface area contributed by atoms with E-state index >= 15 is 0 Å². The standard InChI is InChI=1S/C31H34F2N6O5/c1-39(2)15-6-16-43-26-18-24-29(38-31(26)42-3)25(13-14-34-24)44-30-23(33)17-22(19-35-30)37-28(41)8-5-4-7-27(40)36-21-11-9-20(32)10-12-21/h9-14,17-19H,4-8,15-16H2,1-3H3,(H,36,40)(H,37,41). The lowest BCUT2D eigenvalue weighted by Crippen LogP contribution is -2.15. The third-order valence-electron chi connectivity index (χ3n) is 6.29. The number of pyridine rings is 3. The fourth-order valence-electron chi connectivity index (χ4n) is 4.13. The molecule has 1 aromatic carbocycles. The maximum atomic E-state index is 14.9. The average Bonchev–Trinajstić information content (AvgIpc) is 2.99. The second kappa shape index (κ2) is 15.5. The van der Waals surface area contributed by atoms with Crippen molar-refractivity contribution >= 4 is 34.2 Å². The Kier molecular flexibility index (Phi) is 11.3. The van der Waals surface area contributed by atoms with Gasteiger partial charge in [-0.1, -0.05) is 0 Å². The number of methoxy groups -OCH3 is 1. The molecule has 0 aliphatic rings. The van der Waals surface area contributed by atoms with Crippen LogP contribution < -0.4 is 24.8 Å². The highest BCUT2D eigenvalue weighted by atomic mass is 19.1. The topological polar surface area (TPSA) is 128 Å². The highest BCUT2D eigenvalue weighted by Gasteiger charge is 2.16. The molecule has 2 N–H and O–H groups in total. The SMILES string of the molecule is COc1nc2c(Oc3ncc(NC(=O)CCCCC(=O)Nc4ccc(F)cc4)cc3F)ccnc2cc1OCCCN(C)C. The zero-order valence-electron chi connectivity index (χ0n) is 24.7. The van der Waals surface area contributed by atoms with Gasteiger partial charge >= 0.3 is 0 Å². The van der Waals surface area contributed by atoms with Gasteiger partial charge in [-0.25, -0.2) is 18.7 Å². The highest BCUT2D eigenvalue weighted by molar-refractivity contribution is 5.91. The van der Waals surface area contributed by atoms with E-state index in [2.05, 4.69) is 30.5 Å². The van der Waals surface area contributed by atoms with Crippen LogP contribution in [0.4, 0.5) is 20.2 Å². The number of hydrogen-bond donors (Lipinski definition) is 2. The molecule has 11 nitrogen and oxygen atoms in total. The summed E-state index contributed by atoms with van der Waals surface area (Å²) in [5, 5.41) is 5.26. The number of rotatable bonds is 15. The van der Waals surface area contributed by atoms with Gasteiger partial charge in [-0.05, 0) is 57.6 Å². The predicted molar refractivity (Wildman–Crippen MR) is 161 cm³/mol. The van der Waals surface area contributed by atoms with Crippen molar-refractivity contribution < 1.29 is 32.6 Å². The minimum Gasteiger partial charge on any atom is -0.488 e. The summed E-state index contributed by atoms with van der Waals surface area (Å²) in [6.45, 7) is 1.33. The molecule has 4 aromatic rings. The van der Waals surface area contributed by atoms with Crippen LogP contribution in [-0.2, 0) is 9.59 Å². The molecule has 13 heteroatoms. The molecule has 0 fully saturated rings. The summed E-state index contributed by atoms with van der Waals surface area (Å²) in [6.07, 6.45) is 4.82. The number of carbonyl (C=O) groups is 2. The smallest absolute Gasteiger partial charge is 0.257 e. The van der Waals surface area contributed by atoms with Gasteiger partial charge in [0.1, 0.15) is 11.3 Å². The second-order valence-corrected chi connectivity index (χ2v) is 10.1. The number of anilines is 2. The molecule has 0 aliphatic heterocycles. The van der Waals surface area contributed by atoms with Gasteiger partial charge in [-0.3, -0.25) is 14.6 Å². The van der Waals surface area contributed by atoms with Crippen LogP contribution in [0.25, 0.3) is 11.0 Å². The Morgan fingerprint density at radius 1 is 0.864 bits per heavy atom. The summed E-state index contributed by atoms with van der Waals surface area (Å²) < 4.78 is 44.9. The van der Waals surface area contributed by atoms with Crippen molar-refractivity contribution in [2.24, 2.45) is 0 Å². The third kappa shape index (κ3) is 9.30. The molecule has 4 rings (SSSR count). The lowest BCUT2D eigenvalue weighted by Gasteiger charge is -2.14. The van der Waals surface area contributed by atoms with E-state index in [1.807, 2.05) is 14.1 Å². The van der Waals surface area contributed by atoms with Crippen molar-refractivity contribution in [2.75, 3.05) is 45.0 Å². The molecule has 0 saturated carbocycles. The van der Waals surface area contributed by atoms with Crippen LogP contribution in [-0.4, -0.2) is 66.0 Å². The summed E-state index contributed by atoms with van der Waals surface area (Å²) in [5.41, 5.74) is 1.44. The number of carbonyl (C=O) groups excluding carboxylic acids is 2. The zero-order chi connectivity index (χ0) is 31.5. The number of ether oxygens (including phenoxy) is 3. The average molecular weight is 609 g/mol. The van der Waals surface area contributed by atoms with E-state index in [0.29, 0.717) is 41.9 Å². The highest BCUT2D eigenvalue weighted by Crippen LogP contribution is 2.34. The predicted octanol–water partition coefficient (Wildman–Crippen LogP) is 5.57. The number of unbranched alkanes of at least 4 members (excludes halogenated alkanes) is 1. The molecule has 0 bridgehead atoms. The van der Waals surface area contributed by atoms with E-state index in [-0.39, 0.29) is 47.9 Å². The summed E-state index contributed by atoms with van der Waals surface area (Å²) >= 11 is 0. The number of hydrogen-bond acceptors (Lipinski definition) is 9. The molecule has 0 radical (unpaired) electrons.